The number of hydrogen-bond acceptors (Lipinski definition) is 5. The molecule has 5 nitrogen and oxygen atoms in total. The van der Waals surface area contributed by atoms with Crippen LogP contribution in [0.2, 0.25) is 0 Å². The minimum atomic E-state index is -1.19. The van der Waals surface area contributed by atoms with Crippen LogP contribution in [0.15, 0.2) is 30.3 Å². The van der Waals surface area contributed by atoms with E-state index in [1.54, 1.807) is 33.9 Å². The van der Waals surface area contributed by atoms with Crippen LogP contribution >= 0.6 is 11.3 Å². The Labute approximate surface area is 192 Å². The fourth-order valence-corrected chi connectivity index (χ4v) is 4.66. The third-order valence-electron chi connectivity index (χ3n) is 4.38. The van der Waals surface area contributed by atoms with E-state index in [1.165, 1.54) is 22.3 Å². The summed E-state index contributed by atoms with van der Waals surface area (Å²) in [5, 5.41) is 0. The zero-order valence-electron chi connectivity index (χ0n) is 19.5. The largest absolute Gasteiger partial charge is 0.598 e. The molecule has 1 unspecified atom stereocenters. The van der Waals surface area contributed by atoms with E-state index >= 15 is 0 Å². The van der Waals surface area contributed by atoms with E-state index in [0.717, 1.165) is 15.3 Å². The van der Waals surface area contributed by atoms with Crippen molar-refractivity contribution in [3.8, 4) is 10.4 Å². The van der Waals surface area contributed by atoms with Crippen LogP contribution in [0.25, 0.3) is 10.4 Å². The van der Waals surface area contributed by atoms with Crippen molar-refractivity contribution in [3.63, 3.8) is 0 Å². The first-order valence-corrected chi connectivity index (χ1v) is 12.2. The van der Waals surface area contributed by atoms with Gasteiger partial charge < -0.3 is 14.2 Å². The zero-order chi connectivity index (χ0) is 23.6. The molecule has 1 aromatic carbocycles. The summed E-state index contributed by atoms with van der Waals surface area (Å²) in [6, 6.07) is 8.70. The van der Waals surface area contributed by atoms with Gasteiger partial charge in [0.15, 0.2) is 0 Å². The van der Waals surface area contributed by atoms with Gasteiger partial charge in [-0.25, -0.2) is 9.18 Å². The Bertz CT molecular complexity index is 903. The summed E-state index contributed by atoms with van der Waals surface area (Å²) >= 11 is 0.323. The lowest BCUT2D eigenvalue weighted by molar-refractivity contribution is 0.0284. The van der Waals surface area contributed by atoms with Crippen LogP contribution < -0.4 is 4.72 Å². The number of halogens is 1. The normalized spacial score (nSPS) is 14.3. The number of benzene rings is 1. The van der Waals surface area contributed by atoms with E-state index in [9.17, 15) is 13.7 Å². The lowest BCUT2D eigenvalue weighted by atomic mass is 10.0. The molecule has 8 heteroatoms. The minimum Gasteiger partial charge on any atom is -0.598 e. The molecule has 0 aliphatic heterocycles. The average molecular weight is 469 g/mol. The van der Waals surface area contributed by atoms with E-state index in [4.69, 9.17) is 4.74 Å². The Morgan fingerprint density at radius 2 is 1.87 bits per heavy atom. The van der Waals surface area contributed by atoms with Crippen LogP contribution in [0.1, 0.15) is 64.9 Å². The summed E-state index contributed by atoms with van der Waals surface area (Å²) in [4.78, 5) is 15.6. The van der Waals surface area contributed by atoms with Crippen LogP contribution in [0.4, 0.5) is 9.18 Å². The summed E-state index contributed by atoms with van der Waals surface area (Å²) in [5.74, 6) is -0.372. The summed E-state index contributed by atoms with van der Waals surface area (Å²) in [6.07, 6.45) is -0.504. The zero-order valence-corrected chi connectivity index (χ0v) is 21.2. The third kappa shape index (κ3) is 7.20. The molecule has 0 aliphatic carbocycles. The molecule has 0 aliphatic rings. The minimum absolute atomic E-state index is 0.0893. The Balaban J connectivity index is 2.25. The monoisotopic (exact) mass is 468 g/mol. The summed E-state index contributed by atoms with van der Waals surface area (Å²) in [5.41, 5.74) is 0.543. The van der Waals surface area contributed by atoms with E-state index < -0.39 is 23.1 Å². The van der Waals surface area contributed by atoms with Gasteiger partial charge in [0.1, 0.15) is 16.2 Å². The Hall–Kier alpha value is -1.61. The van der Waals surface area contributed by atoms with Gasteiger partial charge in [-0.15, -0.1) is 16.1 Å². The van der Waals surface area contributed by atoms with Crippen molar-refractivity contribution in [2.75, 3.05) is 7.05 Å². The number of nitrogens with one attached hydrogen (secondary N) is 1. The molecule has 0 saturated heterocycles. The molecule has 1 N–H and O–H groups in total. The van der Waals surface area contributed by atoms with Crippen LogP contribution in [-0.4, -0.2) is 32.9 Å². The summed E-state index contributed by atoms with van der Waals surface area (Å²) in [7, 11) is 1.60. The first-order valence-electron chi connectivity index (χ1n) is 10.2. The molecule has 0 bridgehead atoms. The van der Waals surface area contributed by atoms with E-state index in [0.29, 0.717) is 5.56 Å². The van der Waals surface area contributed by atoms with Crippen LogP contribution in [-0.2, 0) is 22.6 Å². The molecule has 0 fully saturated rings. The molecule has 31 heavy (non-hydrogen) atoms. The van der Waals surface area contributed by atoms with Crippen molar-refractivity contribution >= 4 is 28.8 Å². The van der Waals surface area contributed by atoms with Crippen LogP contribution in [0.3, 0.4) is 0 Å². The lowest BCUT2D eigenvalue weighted by Gasteiger charge is -2.26. The molecule has 0 spiro atoms. The fourth-order valence-electron chi connectivity index (χ4n) is 2.72. The fraction of sp³-hybridized carbons (Fsp3) is 0.522. The maximum absolute atomic E-state index is 14.7. The molecule has 2 atom stereocenters. The number of amides is 1. The molecule has 0 saturated carbocycles. The molecule has 0 radical (unpaired) electrons. The van der Waals surface area contributed by atoms with Crippen molar-refractivity contribution in [3.05, 3.63) is 46.6 Å². The van der Waals surface area contributed by atoms with Crippen molar-refractivity contribution in [1.29, 1.82) is 0 Å². The van der Waals surface area contributed by atoms with Crippen molar-refractivity contribution < 1.29 is 18.5 Å². The predicted octanol–water partition coefficient (Wildman–Crippen LogP) is 6.03. The van der Waals surface area contributed by atoms with E-state index in [1.807, 2.05) is 45.9 Å². The van der Waals surface area contributed by atoms with Gasteiger partial charge in [0.25, 0.3) is 0 Å². The Morgan fingerprint density at radius 1 is 1.23 bits per heavy atom. The topological polar surface area (TPSA) is 64.6 Å². The molecular formula is C23H33FN2O3S2. The van der Waals surface area contributed by atoms with Gasteiger partial charge in [-0.2, -0.15) is 0 Å². The lowest BCUT2D eigenvalue weighted by Crippen LogP contribution is -2.40. The third-order valence-corrected chi connectivity index (χ3v) is 7.36. The highest BCUT2D eigenvalue weighted by Gasteiger charge is 2.29. The van der Waals surface area contributed by atoms with Gasteiger partial charge in [-0.05, 0) is 72.2 Å². The second-order valence-electron chi connectivity index (χ2n) is 9.53. The van der Waals surface area contributed by atoms with Crippen LogP contribution in [0, 0.1) is 5.82 Å². The molecule has 172 valence electrons. The molecule has 1 amide bonds. The molecule has 2 rings (SSSR count). The van der Waals surface area contributed by atoms with Crippen molar-refractivity contribution in [1.82, 2.24) is 9.62 Å². The average Bonchev–Trinajstić information content (AvgIpc) is 3.11. The van der Waals surface area contributed by atoms with E-state index in [2.05, 4.69) is 4.72 Å². The first-order chi connectivity index (χ1) is 14.2. The van der Waals surface area contributed by atoms with Gasteiger partial charge in [-0.1, -0.05) is 12.1 Å². The highest BCUT2D eigenvalue weighted by molar-refractivity contribution is 7.90. The predicted molar refractivity (Wildman–Crippen MR) is 127 cm³/mol. The Morgan fingerprint density at radius 3 is 2.45 bits per heavy atom. The number of thiophene rings is 1. The van der Waals surface area contributed by atoms with Gasteiger partial charge in [-0.3, -0.25) is 0 Å². The molecular weight excluding hydrogens is 435 g/mol. The van der Waals surface area contributed by atoms with Crippen molar-refractivity contribution in [2.45, 2.75) is 71.4 Å². The van der Waals surface area contributed by atoms with Gasteiger partial charge >= 0.3 is 6.09 Å². The number of ether oxygens (including phenoxy) is 1. The van der Waals surface area contributed by atoms with Crippen LogP contribution in [0.5, 0.6) is 0 Å². The number of carbonyl (C=O) groups is 1. The van der Waals surface area contributed by atoms with Gasteiger partial charge in [0.05, 0.1) is 12.6 Å². The number of carbonyl (C=O) groups excluding carboxylic acids is 1. The SMILES string of the molecule is C[C@@H](N[S+]([O-])C(C)(C)C)c1ccc(-c2cccc(F)c2CN(C)C(=O)OC(C)(C)C)s1. The van der Waals surface area contributed by atoms with Gasteiger partial charge in [0, 0.05) is 33.7 Å². The maximum Gasteiger partial charge on any atom is 0.410 e. The van der Waals surface area contributed by atoms with E-state index in [-0.39, 0.29) is 23.2 Å². The number of hydrogen-bond donors (Lipinski definition) is 1. The van der Waals surface area contributed by atoms with Crippen molar-refractivity contribution in [2.24, 2.45) is 0 Å². The second-order valence-corrected chi connectivity index (χ2v) is 12.6. The second kappa shape index (κ2) is 9.90. The highest BCUT2D eigenvalue weighted by atomic mass is 32.2. The number of nitrogens with zero attached hydrogens (tertiary/aromatic N) is 1. The van der Waals surface area contributed by atoms with Gasteiger partial charge in [0.2, 0.25) is 0 Å². The quantitative estimate of drug-likeness (QED) is 0.526. The Kier molecular flexibility index (Phi) is 8.19. The molecule has 2 aromatic rings. The maximum atomic E-state index is 14.7. The number of rotatable bonds is 6. The first kappa shape index (κ1) is 25.6. The standard InChI is InChI=1S/C23H33FN2O3S2/c1-15(25-31(28)23(5,6)7)19-12-13-20(30-19)16-10-9-11-18(24)17(16)14-26(8)21(27)29-22(2,3)4/h9-13,15,25H,14H2,1-8H3/t15-,31?/m1/s1. The summed E-state index contributed by atoms with van der Waals surface area (Å²) in [6.45, 7) is 13.2. The molecule has 1 aromatic heterocycles. The summed E-state index contributed by atoms with van der Waals surface area (Å²) < 4.78 is 35.3. The highest BCUT2D eigenvalue weighted by Crippen LogP contribution is 2.35. The smallest absolute Gasteiger partial charge is 0.410 e. The molecule has 1 heterocycles.